The number of nitrogens with one attached hydrogen (secondary N) is 1. The van der Waals surface area contributed by atoms with Gasteiger partial charge in [0.1, 0.15) is 5.75 Å². The lowest BCUT2D eigenvalue weighted by Crippen LogP contribution is -2.24. The minimum atomic E-state index is -0.0584. The number of hydrogen-bond donors (Lipinski definition) is 1. The Morgan fingerprint density at radius 3 is 3.00 bits per heavy atom. The van der Waals surface area contributed by atoms with Gasteiger partial charge in [-0.1, -0.05) is 37.7 Å². The number of rotatable bonds is 8. The number of ether oxygens (including phenoxy) is 1. The van der Waals surface area contributed by atoms with Crippen molar-refractivity contribution in [2.45, 2.75) is 32.1 Å². The van der Waals surface area contributed by atoms with E-state index in [0.717, 1.165) is 17.9 Å². The maximum absolute atomic E-state index is 12.0. The second-order valence-corrected chi connectivity index (χ2v) is 6.40. The van der Waals surface area contributed by atoms with Gasteiger partial charge >= 0.3 is 0 Å². The predicted molar refractivity (Wildman–Crippen MR) is 88.2 cm³/mol. The molecule has 0 saturated carbocycles. The third kappa shape index (κ3) is 5.55. The van der Waals surface area contributed by atoms with Crippen LogP contribution in [0.25, 0.3) is 0 Å². The van der Waals surface area contributed by atoms with E-state index in [4.69, 9.17) is 4.74 Å². The molecule has 0 spiro atoms. The summed E-state index contributed by atoms with van der Waals surface area (Å²) >= 11 is 1.34. The van der Waals surface area contributed by atoms with E-state index in [1.54, 1.807) is 11.8 Å². The zero-order valence-corrected chi connectivity index (χ0v) is 14.3. The molecule has 1 aromatic carbocycles. The number of carbonyl (C=O) groups is 1. The van der Waals surface area contributed by atoms with Gasteiger partial charge < -0.3 is 10.1 Å². The van der Waals surface area contributed by atoms with Crippen LogP contribution < -0.4 is 10.1 Å². The van der Waals surface area contributed by atoms with E-state index in [1.807, 2.05) is 24.3 Å². The van der Waals surface area contributed by atoms with Crippen molar-refractivity contribution in [3.8, 4) is 5.75 Å². The van der Waals surface area contributed by atoms with Gasteiger partial charge in [0.15, 0.2) is 0 Å². The molecule has 0 unspecified atom stereocenters. The average molecular weight is 335 g/mol. The van der Waals surface area contributed by atoms with Crippen molar-refractivity contribution in [2.24, 2.45) is 5.92 Å². The van der Waals surface area contributed by atoms with E-state index < -0.39 is 0 Å². The second kappa shape index (κ2) is 8.52. The number of hydrogen-bond acceptors (Lipinski definition) is 6. The first-order valence-corrected chi connectivity index (χ1v) is 8.35. The molecule has 0 bridgehead atoms. The van der Waals surface area contributed by atoms with E-state index in [-0.39, 0.29) is 11.7 Å². The smallest absolute Gasteiger partial charge is 0.230 e. The Hall–Kier alpha value is -2.09. The minimum Gasteiger partial charge on any atom is -0.497 e. The summed E-state index contributed by atoms with van der Waals surface area (Å²) in [6.45, 7) is 5.39. The fraction of sp³-hybridized carbons (Fsp3) is 0.467. The van der Waals surface area contributed by atoms with Crippen LogP contribution in [0.4, 0.5) is 0 Å². The van der Waals surface area contributed by atoms with Crippen LogP contribution in [-0.4, -0.2) is 39.0 Å². The molecule has 0 fully saturated rings. The van der Waals surface area contributed by atoms with Gasteiger partial charge in [0.05, 0.1) is 12.9 Å². The molecule has 0 radical (unpaired) electrons. The van der Waals surface area contributed by atoms with Crippen LogP contribution in [0.15, 0.2) is 29.4 Å². The van der Waals surface area contributed by atoms with Crippen molar-refractivity contribution in [1.29, 1.82) is 0 Å². The topological polar surface area (TPSA) is 81.9 Å². The first kappa shape index (κ1) is 17.3. The minimum absolute atomic E-state index is 0.0584. The molecule has 0 saturated heterocycles. The summed E-state index contributed by atoms with van der Waals surface area (Å²) in [6, 6.07) is 7.61. The van der Waals surface area contributed by atoms with Crippen molar-refractivity contribution >= 4 is 17.7 Å². The fourth-order valence-corrected chi connectivity index (χ4v) is 2.64. The lowest BCUT2D eigenvalue weighted by molar-refractivity contribution is -0.118. The van der Waals surface area contributed by atoms with Crippen LogP contribution in [0.3, 0.4) is 0 Å². The molecule has 0 aliphatic heterocycles. The van der Waals surface area contributed by atoms with E-state index in [0.29, 0.717) is 17.6 Å². The van der Waals surface area contributed by atoms with Crippen molar-refractivity contribution in [1.82, 2.24) is 25.5 Å². The molecule has 7 nitrogen and oxygen atoms in total. The van der Waals surface area contributed by atoms with Crippen molar-refractivity contribution in [3.05, 3.63) is 29.8 Å². The Morgan fingerprint density at radius 2 is 2.26 bits per heavy atom. The Balaban J connectivity index is 1.80. The monoisotopic (exact) mass is 335 g/mol. The Labute approximate surface area is 139 Å². The molecule has 0 aliphatic carbocycles. The number of aromatic nitrogens is 4. The molecule has 0 aliphatic rings. The van der Waals surface area contributed by atoms with Crippen LogP contribution in [0.2, 0.25) is 0 Å². The van der Waals surface area contributed by atoms with Crippen LogP contribution in [0.1, 0.15) is 19.4 Å². The van der Waals surface area contributed by atoms with Gasteiger partial charge in [0.25, 0.3) is 0 Å². The highest BCUT2D eigenvalue weighted by Gasteiger charge is 2.11. The second-order valence-electron chi connectivity index (χ2n) is 5.45. The van der Waals surface area contributed by atoms with Gasteiger partial charge in [-0.2, -0.15) is 0 Å². The van der Waals surface area contributed by atoms with Gasteiger partial charge in [-0.15, -0.1) is 5.10 Å². The predicted octanol–water partition coefficient (Wildman–Crippen LogP) is 1.75. The Bertz CT molecular complexity index is 644. The quantitative estimate of drug-likeness (QED) is 0.740. The third-order valence-electron chi connectivity index (χ3n) is 2.99. The van der Waals surface area contributed by atoms with Crippen LogP contribution in [-0.2, 0) is 17.9 Å². The molecule has 1 heterocycles. The Morgan fingerprint density at radius 1 is 1.43 bits per heavy atom. The zero-order chi connectivity index (χ0) is 16.7. The SMILES string of the molecule is COc1cccc(CNC(=O)CSc2nnnn2CC(C)C)c1. The Kier molecular flexibility index (Phi) is 6.40. The number of methoxy groups -OCH3 is 1. The summed E-state index contributed by atoms with van der Waals surface area (Å²) in [5, 5.41) is 15.1. The average Bonchev–Trinajstić information content (AvgIpc) is 2.97. The van der Waals surface area contributed by atoms with Crippen molar-refractivity contribution in [2.75, 3.05) is 12.9 Å². The highest BCUT2D eigenvalue weighted by Crippen LogP contribution is 2.15. The summed E-state index contributed by atoms with van der Waals surface area (Å²) in [6.07, 6.45) is 0. The number of thioether (sulfide) groups is 1. The third-order valence-corrected chi connectivity index (χ3v) is 3.95. The van der Waals surface area contributed by atoms with Gasteiger partial charge in [-0.05, 0) is 34.0 Å². The van der Waals surface area contributed by atoms with E-state index in [2.05, 4.69) is 34.7 Å². The molecule has 1 amide bonds. The largest absolute Gasteiger partial charge is 0.497 e. The first-order chi connectivity index (χ1) is 11.1. The van der Waals surface area contributed by atoms with Crippen molar-refractivity contribution < 1.29 is 9.53 Å². The lowest BCUT2D eigenvalue weighted by Gasteiger charge is -2.08. The first-order valence-electron chi connectivity index (χ1n) is 7.37. The fourth-order valence-electron chi connectivity index (χ4n) is 1.92. The molecule has 8 heteroatoms. The molecular weight excluding hydrogens is 314 g/mol. The van der Waals surface area contributed by atoms with Crippen LogP contribution >= 0.6 is 11.8 Å². The van der Waals surface area contributed by atoms with Crippen LogP contribution in [0, 0.1) is 5.92 Å². The zero-order valence-electron chi connectivity index (χ0n) is 13.5. The summed E-state index contributed by atoms with van der Waals surface area (Å²) in [5.74, 6) is 1.44. The van der Waals surface area contributed by atoms with Gasteiger partial charge in [-0.25, -0.2) is 4.68 Å². The number of benzene rings is 1. The molecule has 1 N–H and O–H groups in total. The summed E-state index contributed by atoms with van der Waals surface area (Å²) in [7, 11) is 1.62. The highest BCUT2D eigenvalue weighted by atomic mass is 32.2. The number of carbonyl (C=O) groups excluding carboxylic acids is 1. The van der Waals surface area contributed by atoms with E-state index >= 15 is 0 Å². The summed E-state index contributed by atoms with van der Waals surface area (Å²) in [5.41, 5.74) is 0.993. The summed E-state index contributed by atoms with van der Waals surface area (Å²) < 4.78 is 6.89. The maximum atomic E-state index is 12.0. The normalized spacial score (nSPS) is 10.8. The molecule has 2 rings (SSSR count). The number of nitrogens with zero attached hydrogens (tertiary/aromatic N) is 4. The molecule has 0 atom stereocenters. The molecule has 2 aromatic rings. The molecular formula is C15H21N5O2S. The summed E-state index contributed by atoms with van der Waals surface area (Å²) in [4.78, 5) is 12.0. The maximum Gasteiger partial charge on any atom is 0.230 e. The molecule has 1 aromatic heterocycles. The lowest BCUT2D eigenvalue weighted by atomic mass is 10.2. The van der Waals surface area contributed by atoms with Gasteiger partial charge in [0.2, 0.25) is 11.1 Å². The van der Waals surface area contributed by atoms with Crippen molar-refractivity contribution in [3.63, 3.8) is 0 Å². The highest BCUT2D eigenvalue weighted by molar-refractivity contribution is 7.99. The molecule has 23 heavy (non-hydrogen) atoms. The standard InChI is InChI=1S/C15H21N5O2S/c1-11(2)9-20-15(17-18-19-20)23-10-14(21)16-8-12-5-4-6-13(7-12)22-3/h4-7,11H,8-10H2,1-3H3,(H,16,21). The molecule has 124 valence electrons. The number of amides is 1. The van der Waals surface area contributed by atoms with Gasteiger partial charge in [-0.3, -0.25) is 4.79 Å². The van der Waals surface area contributed by atoms with E-state index in [1.165, 1.54) is 11.8 Å². The number of tetrazole rings is 1. The van der Waals surface area contributed by atoms with E-state index in [9.17, 15) is 4.79 Å². The van der Waals surface area contributed by atoms with Crippen LogP contribution in [0.5, 0.6) is 5.75 Å². The van der Waals surface area contributed by atoms with Gasteiger partial charge in [0, 0.05) is 13.1 Å².